The molecule has 2 aromatic carbocycles. The first kappa shape index (κ1) is 14.5. The van der Waals surface area contributed by atoms with Crippen LogP contribution in [0.5, 0.6) is 0 Å². The van der Waals surface area contributed by atoms with E-state index in [-0.39, 0.29) is 16.9 Å². The number of carboxylic acid groups (broad SMARTS) is 1. The van der Waals surface area contributed by atoms with E-state index in [2.05, 4.69) is 0 Å². The first-order valence-corrected chi connectivity index (χ1v) is 6.23. The summed E-state index contributed by atoms with van der Waals surface area (Å²) in [6.45, 7) is 1.89. The molecule has 0 atom stereocenters. The van der Waals surface area contributed by atoms with Gasteiger partial charge in [0.2, 0.25) is 0 Å². The molecule has 0 unspecified atom stereocenters. The molecular weight excluding hydrogens is 272 g/mol. The van der Waals surface area contributed by atoms with Gasteiger partial charge in [0.05, 0.1) is 16.2 Å². The number of nitrogens with zero attached hydrogens (tertiary/aromatic N) is 2. The van der Waals surface area contributed by atoms with Gasteiger partial charge in [-0.15, -0.1) is 0 Å². The molecule has 21 heavy (non-hydrogen) atoms. The Hall–Kier alpha value is -2.89. The third kappa shape index (κ3) is 2.84. The second kappa shape index (κ2) is 5.62. The highest BCUT2D eigenvalue weighted by Gasteiger charge is 2.19. The van der Waals surface area contributed by atoms with Crippen molar-refractivity contribution in [2.75, 3.05) is 11.9 Å². The average Bonchev–Trinajstić information content (AvgIpc) is 2.46. The molecule has 0 saturated heterocycles. The Bertz CT molecular complexity index is 713. The van der Waals surface area contributed by atoms with Gasteiger partial charge in [-0.1, -0.05) is 18.2 Å². The van der Waals surface area contributed by atoms with Crippen LogP contribution >= 0.6 is 0 Å². The summed E-state index contributed by atoms with van der Waals surface area (Å²) in [5, 5.41) is 20.2. The zero-order valence-corrected chi connectivity index (χ0v) is 11.6. The smallest absolute Gasteiger partial charge is 0.337 e. The van der Waals surface area contributed by atoms with Crippen LogP contribution in [0.2, 0.25) is 0 Å². The van der Waals surface area contributed by atoms with Crippen molar-refractivity contribution in [2.24, 2.45) is 0 Å². The molecule has 0 spiro atoms. The van der Waals surface area contributed by atoms with Crippen molar-refractivity contribution < 1.29 is 14.8 Å². The van der Waals surface area contributed by atoms with E-state index in [0.717, 1.165) is 11.3 Å². The molecule has 2 aromatic rings. The van der Waals surface area contributed by atoms with Crippen LogP contribution in [0.3, 0.4) is 0 Å². The lowest BCUT2D eigenvalue weighted by atomic mass is 10.1. The third-order valence-corrected chi connectivity index (χ3v) is 3.26. The fourth-order valence-corrected chi connectivity index (χ4v) is 2.16. The second-order valence-electron chi connectivity index (χ2n) is 4.61. The highest BCUT2D eigenvalue weighted by molar-refractivity contribution is 5.96. The molecule has 6 heteroatoms. The van der Waals surface area contributed by atoms with Crippen molar-refractivity contribution in [3.8, 4) is 0 Å². The molecule has 1 N–H and O–H groups in total. The van der Waals surface area contributed by atoms with E-state index >= 15 is 0 Å². The van der Waals surface area contributed by atoms with Crippen LogP contribution in [-0.2, 0) is 0 Å². The summed E-state index contributed by atoms with van der Waals surface area (Å²) in [4.78, 5) is 23.3. The summed E-state index contributed by atoms with van der Waals surface area (Å²) < 4.78 is 0. The number of nitro groups is 1. The number of hydrogen-bond acceptors (Lipinski definition) is 4. The van der Waals surface area contributed by atoms with Crippen molar-refractivity contribution in [3.05, 3.63) is 63.7 Å². The van der Waals surface area contributed by atoms with Gasteiger partial charge < -0.3 is 10.0 Å². The SMILES string of the molecule is Cc1ccccc1N(C)c1cc([N+](=O)[O-])ccc1C(=O)O. The Morgan fingerprint density at radius 2 is 1.86 bits per heavy atom. The fraction of sp³-hybridized carbons (Fsp3) is 0.133. The number of nitro benzene ring substituents is 1. The van der Waals surface area contributed by atoms with Crippen LogP contribution in [0.4, 0.5) is 17.1 Å². The quantitative estimate of drug-likeness (QED) is 0.688. The van der Waals surface area contributed by atoms with Crippen molar-refractivity contribution in [3.63, 3.8) is 0 Å². The summed E-state index contributed by atoms with van der Waals surface area (Å²) in [5.41, 5.74) is 1.90. The predicted octanol–water partition coefficient (Wildman–Crippen LogP) is 3.37. The molecule has 108 valence electrons. The maximum absolute atomic E-state index is 11.3. The van der Waals surface area contributed by atoms with Gasteiger partial charge in [-0.25, -0.2) is 4.79 Å². The minimum absolute atomic E-state index is 0.0198. The van der Waals surface area contributed by atoms with Crippen LogP contribution in [0.15, 0.2) is 42.5 Å². The number of rotatable bonds is 4. The molecule has 0 aliphatic heterocycles. The van der Waals surface area contributed by atoms with E-state index in [4.69, 9.17) is 0 Å². The van der Waals surface area contributed by atoms with Crippen molar-refractivity contribution in [1.82, 2.24) is 0 Å². The molecular formula is C15H14N2O4. The van der Waals surface area contributed by atoms with Gasteiger partial charge in [0.25, 0.3) is 5.69 Å². The maximum atomic E-state index is 11.3. The van der Waals surface area contributed by atoms with Gasteiger partial charge in [-0.05, 0) is 24.6 Å². The van der Waals surface area contributed by atoms with Crippen LogP contribution in [0.1, 0.15) is 15.9 Å². The fourth-order valence-electron chi connectivity index (χ4n) is 2.16. The van der Waals surface area contributed by atoms with Crippen LogP contribution in [0, 0.1) is 17.0 Å². The minimum Gasteiger partial charge on any atom is -0.478 e. The zero-order chi connectivity index (χ0) is 15.6. The van der Waals surface area contributed by atoms with E-state index < -0.39 is 10.9 Å². The lowest BCUT2D eigenvalue weighted by Crippen LogP contribution is -2.15. The Morgan fingerprint density at radius 1 is 1.19 bits per heavy atom. The summed E-state index contributed by atoms with van der Waals surface area (Å²) in [6, 6.07) is 11.2. The first-order valence-electron chi connectivity index (χ1n) is 6.23. The predicted molar refractivity (Wildman–Crippen MR) is 79.3 cm³/mol. The van der Waals surface area contributed by atoms with Gasteiger partial charge in [0.15, 0.2) is 0 Å². The number of carbonyl (C=O) groups is 1. The molecule has 0 aliphatic rings. The van der Waals surface area contributed by atoms with Crippen molar-refractivity contribution in [1.29, 1.82) is 0 Å². The van der Waals surface area contributed by atoms with Gasteiger partial charge in [-0.2, -0.15) is 0 Å². The van der Waals surface area contributed by atoms with Crippen LogP contribution in [0.25, 0.3) is 0 Å². The average molecular weight is 286 g/mol. The molecule has 0 radical (unpaired) electrons. The summed E-state index contributed by atoms with van der Waals surface area (Å²) >= 11 is 0. The molecule has 2 rings (SSSR count). The van der Waals surface area contributed by atoms with Crippen molar-refractivity contribution in [2.45, 2.75) is 6.92 Å². The number of carboxylic acids is 1. The Balaban J connectivity index is 2.60. The third-order valence-electron chi connectivity index (χ3n) is 3.26. The number of aromatic carboxylic acids is 1. The lowest BCUT2D eigenvalue weighted by Gasteiger charge is -2.23. The molecule has 0 aliphatic carbocycles. The van der Waals surface area contributed by atoms with Gasteiger partial charge >= 0.3 is 5.97 Å². The number of hydrogen-bond donors (Lipinski definition) is 1. The van der Waals surface area contributed by atoms with E-state index in [1.807, 2.05) is 31.2 Å². The summed E-state index contributed by atoms with van der Waals surface area (Å²) in [6.07, 6.45) is 0. The highest BCUT2D eigenvalue weighted by atomic mass is 16.6. The molecule has 0 fully saturated rings. The largest absolute Gasteiger partial charge is 0.478 e. The standard InChI is InChI=1S/C15H14N2O4/c1-10-5-3-4-6-13(10)16(2)14-9-11(17(20)21)7-8-12(14)15(18)19/h3-9H,1-2H3,(H,18,19). The maximum Gasteiger partial charge on any atom is 0.337 e. The van der Waals surface area contributed by atoms with E-state index in [1.165, 1.54) is 18.2 Å². The molecule has 0 saturated carbocycles. The first-order chi connectivity index (χ1) is 9.91. The molecule has 0 heterocycles. The normalized spacial score (nSPS) is 10.2. The number of non-ortho nitro benzene ring substituents is 1. The number of benzene rings is 2. The zero-order valence-electron chi connectivity index (χ0n) is 11.6. The van der Waals surface area contributed by atoms with Crippen molar-refractivity contribution >= 4 is 23.0 Å². The molecule has 6 nitrogen and oxygen atoms in total. The number of aryl methyl sites for hydroxylation is 1. The summed E-state index contributed by atoms with van der Waals surface area (Å²) in [7, 11) is 1.69. The van der Waals surface area contributed by atoms with Gasteiger partial charge in [0.1, 0.15) is 0 Å². The Labute approximate surface area is 121 Å². The van der Waals surface area contributed by atoms with E-state index in [9.17, 15) is 20.0 Å². The van der Waals surface area contributed by atoms with Crippen LogP contribution in [-0.4, -0.2) is 23.0 Å². The highest BCUT2D eigenvalue weighted by Crippen LogP contribution is 2.32. The Morgan fingerprint density at radius 3 is 2.43 bits per heavy atom. The number of anilines is 2. The lowest BCUT2D eigenvalue weighted by molar-refractivity contribution is -0.384. The molecule has 0 bridgehead atoms. The van der Waals surface area contributed by atoms with Gasteiger partial charge in [-0.3, -0.25) is 10.1 Å². The monoisotopic (exact) mass is 286 g/mol. The summed E-state index contributed by atoms with van der Waals surface area (Å²) in [5.74, 6) is -1.12. The Kier molecular flexibility index (Phi) is 3.89. The minimum atomic E-state index is -1.12. The van der Waals surface area contributed by atoms with E-state index in [0.29, 0.717) is 0 Å². The second-order valence-corrected chi connectivity index (χ2v) is 4.61. The number of para-hydroxylation sites is 1. The molecule has 0 amide bonds. The van der Waals surface area contributed by atoms with Gasteiger partial charge in [0, 0.05) is 24.9 Å². The van der Waals surface area contributed by atoms with E-state index in [1.54, 1.807) is 11.9 Å². The topological polar surface area (TPSA) is 83.7 Å². The van der Waals surface area contributed by atoms with Crippen LogP contribution < -0.4 is 4.90 Å². The molecule has 0 aromatic heterocycles.